The van der Waals surface area contributed by atoms with E-state index < -0.39 is 0 Å². The smallest absolute Gasteiger partial charge is 0.0855 e. The third-order valence-electron chi connectivity index (χ3n) is 4.61. The Balaban J connectivity index is 1.53. The molecule has 0 spiro atoms. The minimum absolute atomic E-state index is 0.240. The van der Waals surface area contributed by atoms with Gasteiger partial charge in [0.2, 0.25) is 0 Å². The monoisotopic (exact) mass is 325 g/mol. The fourth-order valence-electron chi connectivity index (χ4n) is 3.25. The summed E-state index contributed by atoms with van der Waals surface area (Å²) in [6.07, 6.45) is 5.03. The zero-order chi connectivity index (χ0) is 16.6. The molecule has 2 atom stereocenters. The van der Waals surface area contributed by atoms with Gasteiger partial charge in [-0.2, -0.15) is 0 Å². The topological polar surface area (TPSA) is 37.4 Å². The zero-order valence-corrected chi connectivity index (χ0v) is 14.4. The Bertz CT molecular complexity index is 590. The highest BCUT2D eigenvalue weighted by Gasteiger charge is 2.26. The first-order valence-electron chi connectivity index (χ1n) is 8.85. The van der Waals surface area contributed by atoms with Gasteiger partial charge in [0.25, 0.3) is 0 Å². The van der Waals surface area contributed by atoms with Gasteiger partial charge in [0.05, 0.1) is 12.7 Å². The van der Waals surface area contributed by atoms with E-state index in [-0.39, 0.29) is 6.10 Å². The molecule has 0 aliphatic carbocycles. The zero-order valence-electron chi connectivity index (χ0n) is 14.4. The maximum absolute atomic E-state index is 6.07. The van der Waals surface area contributed by atoms with Gasteiger partial charge >= 0.3 is 0 Å². The highest BCUT2D eigenvalue weighted by atomic mass is 16.5. The van der Waals surface area contributed by atoms with Gasteiger partial charge in [-0.25, -0.2) is 0 Å². The number of morpholine rings is 1. The van der Waals surface area contributed by atoms with Crippen LogP contribution in [0.1, 0.15) is 24.5 Å². The lowest BCUT2D eigenvalue weighted by atomic mass is 10.1. The standard InChI is InChI=1S/C20H27N3O/c1-2-19(22-14-18-9-6-10-21-13-18)20-16-23(11-12-24-20)15-17-7-4-3-5-8-17/h3-10,13,19-20,22H,2,11-12,14-16H2,1H3/t19-,20+/m0/s1. The molecule has 3 rings (SSSR count). The predicted molar refractivity (Wildman–Crippen MR) is 96.6 cm³/mol. The number of ether oxygens (including phenoxy) is 1. The molecule has 0 saturated carbocycles. The SMILES string of the molecule is CC[C@H](NCc1cccnc1)[C@H]1CN(Cc2ccccc2)CCO1. The molecule has 24 heavy (non-hydrogen) atoms. The van der Waals surface area contributed by atoms with Crippen molar-refractivity contribution in [2.45, 2.75) is 38.6 Å². The van der Waals surface area contributed by atoms with Crippen molar-refractivity contribution >= 4 is 0 Å². The van der Waals surface area contributed by atoms with Gasteiger partial charge in [0, 0.05) is 44.6 Å². The quantitative estimate of drug-likeness (QED) is 0.849. The highest BCUT2D eigenvalue weighted by molar-refractivity contribution is 5.14. The van der Waals surface area contributed by atoms with E-state index in [1.807, 2.05) is 18.5 Å². The molecule has 128 valence electrons. The molecule has 4 heteroatoms. The van der Waals surface area contributed by atoms with Crippen LogP contribution in [-0.4, -0.2) is 41.7 Å². The molecular weight excluding hydrogens is 298 g/mol. The second kappa shape index (κ2) is 8.92. The molecule has 0 amide bonds. The van der Waals surface area contributed by atoms with E-state index in [4.69, 9.17) is 4.74 Å². The van der Waals surface area contributed by atoms with E-state index in [2.05, 4.69) is 58.5 Å². The second-order valence-corrected chi connectivity index (χ2v) is 6.39. The third-order valence-corrected chi connectivity index (χ3v) is 4.61. The molecule has 2 aromatic rings. The lowest BCUT2D eigenvalue weighted by molar-refractivity contribution is -0.0499. The average molecular weight is 325 g/mol. The molecule has 1 saturated heterocycles. The van der Waals surface area contributed by atoms with Crippen LogP contribution in [-0.2, 0) is 17.8 Å². The molecule has 0 radical (unpaired) electrons. The van der Waals surface area contributed by atoms with Crippen molar-refractivity contribution in [1.29, 1.82) is 0 Å². The first kappa shape index (κ1) is 17.1. The van der Waals surface area contributed by atoms with Gasteiger partial charge in [-0.15, -0.1) is 0 Å². The Morgan fingerprint density at radius 3 is 2.79 bits per heavy atom. The molecule has 2 heterocycles. The predicted octanol–water partition coefficient (Wildman–Crippen LogP) is 2.85. The molecule has 0 unspecified atom stereocenters. The highest BCUT2D eigenvalue weighted by Crippen LogP contribution is 2.15. The Hall–Kier alpha value is -1.75. The third kappa shape index (κ3) is 4.87. The van der Waals surface area contributed by atoms with E-state index in [0.717, 1.165) is 39.2 Å². The largest absolute Gasteiger partial charge is 0.374 e. The summed E-state index contributed by atoms with van der Waals surface area (Å²) in [5, 5.41) is 3.65. The Morgan fingerprint density at radius 2 is 2.04 bits per heavy atom. The summed E-state index contributed by atoms with van der Waals surface area (Å²) in [6, 6.07) is 15.1. The first-order chi connectivity index (χ1) is 11.8. The molecule has 1 aliphatic heterocycles. The van der Waals surface area contributed by atoms with Gasteiger partial charge in [0.15, 0.2) is 0 Å². The summed E-state index contributed by atoms with van der Waals surface area (Å²) < 4.78 is 6.07. The van der Waals surface area contributed by atoms with Crippen LogP contribution < -0.4 is 5.32 Å². The first-order valence-corrected chi connectivity index (χ1v) is 8.85. The fourth-order valence-corrected chi connectivity index (χ4v) is 3.25. The molecule has 1 aromatic heterocycles. The molecule has 1 aromatic carbocycles. The van der Waals surface area contributed by atoms with Crippen molar-refractivity contribution in [2.75, 3.05) is 19.7 Å². The normalized spacial score (nSPS) is 20.0. The van der Waals surface area contributed by atoms with Crippen molar-refractivity contribution in [1.82, 2.24) is 15.2 Å². The maximum atomic E-state index is 6.07. The van der Waals surface area contributed by atoms with E-state index in [0.29, 0.717) is 6.04 Å². The van der Waals surface area contributed by atoms with E-state index in [1.54, 1.807) is 0 Å². The average Bonchev–Trinajstić information content (AvgIpc) is 2.64. The van der Waals surface area contributed by atoms with Crippen LogP contribution >= 0.6 is 0 Å². The van der Waals surface area contributed by atoms with Crippen LogP contribution in [0.25, 0.3) is 0 Å². The summed E-state index contributed by atoms with van der Waals surface area (Å²) in [6.45, 7) is 6.85. The Labute approximate surface area is 144 Å². The number of rotatable bonds is 7. The van der Waals surface area contributed by atoms with Crippen LogP contribution in [0.5, 0.6) is 0 Å². The summed E-state index contributed by atoms with van der Waals surface area (Å²) in [5.74, 6) is 0. The van der Waals surface area contributed by atoms with Crippen LogP contribution in [0, 0.1) is 0 Å². The van der Waals surface area contributed by atoms with Crippen LogP contribution in [0.4, 0.5) is 0 Å². The Kier molecular flexibility index (Phi) is 6.35. The second-order valence-electron chi connectivity index (χ2n) is 6.39. The van der Waals surface area contributed by atoms with E-state index in [1.165, 1.54) is 11.1 Å². The van der Waals surface area contributed by atoms with Crippen LogP contribution in [0.15, 0.2) is 54.9 Å². The number of benzene rings is 1. The molecule has 1 aliphatic rings. The number of pyridine rings is 1. The van der Waals surface area contributed by atoms with Crippen LogP contribution in [0.3, 0.4) is 0 Å². The van der Waals surface area contributed by atoms with Crippen molar-refractivity contribution in [3.05, 3.63) is 66.0 Å². The van der Waals surface area contributed by atoms with Crippen molar-refractivity contribution < 1.29 is 4.74 Å². The van der Waals surface area contributed by atoms with Gasteiger partial charge in [-0.3, -0.25) is 9.88 Å². The fraction of sp³-hybridized carbons (Fsp3) is 0.450. The van der Waals surface area contributed by atoms with Crippen LogP contribution in [0.2, 0.25) is 0 Å². The van der Waals surface area contributed by atoms with Gasteiger partial charge in [-0.1, -0.05) is 43.3 Å². The molecular formula is C20H27N3O. The van der Waals surface area contributed by atoms with Gasteiger partial charge < -0.3 is 10.1 Å². The van der Waals surface area contributed by atoms with Gasteiger partial charge in [-0.05, 0) is 23.6 Å². The summed E-state index contributed by atoms with van der Waals surface area (Å²) in [4.78, 5) is 6.68. The number of aromatic nitrogens is 1. The minimum atomic E-state index is 0.240. The lowest BCUT2D eigenvalue weighted by Gasteiger charge is -2.37. The summed E-state index contributed by atoms with van der Waals surface area (Å²) in [7, 11) is 0. The van der Waals surface area contributed by atoms with Gasteiger partial charge in [0.1, 0.15) is 0 Å². The summed E-state index contributed by atoms with van der Waals surface area (Å²) >= 11 is 0. The maximum Gasteiger partial charge on any atom is 0.0855 e. The van der Waals surface area contributed by atoms with E-state index >= 15 is 0 Å². The molecule has 0 bridgehead atoms. The molecule has 1 fully saturated rings. The van der Waals surface area contributed by atoms with Crippen molar-refractivity contribution in [3.8, 4) is 0 Å². The molecule has 1 N–H and O–H groups in total. The number of hydrogen-bond acceptors (Lipinski definition) is 4. The van der Waals surface area contributed by atoms with Crippen molar-refractivity contribution in [3.63, 3.8) is 0 Å². The van der Waals surface area contributed by atoms with Crippen molar-refractivity contribution in [2.24, 2.45) is 0 Å². The minimum Gasteiger partial charge on any atom is -0.374 e. The number of nitrogens with zero attached hydrogens (tertiary/aromatic N) is 2. The Morgan fingerprint density at radius 1 is 1.21 bits per heavy atom. The number of hydrogen-bond donors (Lipinski definition) is 1. The number of nitrogens with one attached hydrogen (secondary N) is 1. The van der Waals surface area contributed by atoms with E-state index in [9.17, 15) is 0 Å². The summed E-state index contributed by atoms with van der Waals surface area (Å²) in [5.41, 5.74) is 2.59. The lowest BCUT2D eigenvalue weighted by Crippen LogP contribution is -2.51. The molecule has 4 nitrogen and oxygen atoms in total.